The first-order chi connectivity index (χ1) is 4.46. The van der Waals surface area contributed by atoms with Crippen molar-refractivity contribution >= 4 is 0 Å². The highest BCUT2D eigenvalue weighted by atomic mass is 16.3. The van der Waals surface area contributed by atoms with Crippen LogP contribution < -0.4 is 0 Å². The quantitative estimate of drug-likeness (QED) is 0.599. The fourth-order valence-corrected chi connectivity index (χ4v) is 1.54. The largest absolute Gasteiger partial charge is 0.393 e. The smallest absolute Gasteiger partial charge is 0.0579 e. The normalized spacial score (nSPS) is 17.0. The Labute approximate surface area is 63.8 Å². The molecule has 0 aliphatic rings. The zero-order chi connectivity index (χ0) is 8.31. The highest BCUT2D eigenvalue weighted by Gasteiger charge is 2.18. The maximum atomic E-state index is 9.29. The van der Waals surface area contributed by atoms with Gasteiger partial charge in [-0.3, -0.25) is 0 Å². The molecule has 0 saturated carbocycles. The predicted molar refractivity (Wildman–Crippen MR) is 44.8 cm³/mol. The van der Waals surface area contributed by atoms with E-state index in [1.165, 1.54) is 0 Å². The van der Waals surface area contributed by atoms with E-state index in [9.17, 15) is 5.11 Å². The van der Waals surface area contributed by atoms with Crippen LogP contribution in [0.4, 0.5) is 0 Å². The number of rotatable bonds is 3. The van der Waals surface area contributed by atoms with Crippen molar-refractivity contribution in [3.63, 3.8) is 0 Å². The molecule has 0 saturated heterocycles. The second kappa shape index (κ2) is 3.77. The first-order valence-electron chi connectivity index (χ1n) is 3.80. The average Bonchev–Trinajstić information content (AvgIpc) is 1.59. The number of aliphatic hydroxyl groups is 1. The fraction of sp³-hybridized carbons (Fsp3) is 0.778. The third kappa shape index (κ3) is 2.53. The standard InChI is InChI=1S/C9H18O/c1-6(2)9(7(3)4)8(5)10/h7-10H,1H2,2-5H3. The van der Waals surface area contributed by atoms with Crippen LogP contribution in [0.3, 0.4) is 0 Å². The molecule has 0 rings (SSSR count). The highest BCUT2D eigenvalue weighted by Crippen LogP contribution is 2.22. The molecule has 0 aromatic heterocycles. The van der Waals surface area contributed by atoms with E-state index < -0.39 is 0 Å². The Kier molecular flexibility index (Phi) is 3.66. The summed E-state index contributed by atoms with van der Waals surface area (Å²) in [5, 5.41) is 9.29. The molecule has 0 spiro atoms. The lowest BCUT2D eigenvalue weighted by atomic mass is 9.86. The van der Waals surface area contributed by atoms with Crippen LogP contribution >= 0.6 is 0 Å². The molecule has 0 radical (unpaired) electrons. The fourth-order valence-electron chi connectivity index (χ4n) is 1.54. The van der Waals surface area contributed by atoms with Gasteiger partial charge >= 0.3 is 0 Å². The summed E-state index contributed by atoms with van der Waals surface area (Å²) < 4.78 is 0. The monoisotopic (exact) mass is 142 g/mol. The Morgan fingerprint density at radius 1 is 1.30 bits per heavy atom. The van der Waals surface area contributed by atoms with Crippen LogP contribution in [0.25, 0.3) is 0 Å². The van der Waals surface area contributed by atoms with Crippen LogP contribution in [0.5, 0.6) is 0 Å². The van der Waals surface area contributed by atoms with E-state index in [1.54, 1.807) is 0 Å². The van der Waals surface area contributed by atoms with Crippen molar-refractivity contribution in [2.75, 3.05) is 0 Å². The molecule has 1 nitrogen and oxygen atoms in total. The minimum atomic E-state index is -0.266. The summed E-state index contributed by atoms with van der Waals surface area (Å²) in [6, 6.07) is 0. The zero-order valence-corrected chi connectivity index (χ0v) is 7.39. The molecular weight excluding hydrogens is 124 g/mol. The van der Waals surface area contributed by atoms with Crippen molar-refractivity contribution in [1.29, 1.82) is 0 Å². The molecule has 1 heteroatoms. The van der Waals surface area contributed by atoms with Gasteiger partial charge in [-0.1, -0.05) is 26.0 Å². The minimum absolute atomic E-state index is 0.250. The summed E-state index contributed by atoms with van der Waals surface area (Å²) in [5.74, 6) is 0.734. The van der Waals surface area contributed by atoms with E-state index in [4.69, 9.17) is 0 Å². The van der Waals surface area contributed by atoms with Gasteiger partial charge in [-0.05, 0) is 19.8 Å². The lowest BCUT2D eigenvalue weighted by Gasteiger charge is -2.23. The molecule has 0 aliphatic heterocycles. The molecular formula is C9H18O. The van der Waals surface area contributed by atoms with E-state index in [0.29, 0.717) is 5.92 Å². The van der Waals surface area contributed by atoms with Gasteiger partial charge in [0, 0.05) is 5.92 Å². The van der Waals surface area contributed by atoms with Gasteiger partial charge in [-0.25, -0.2) is 0 Å². The highest BCUT2D eigenvalue weighted by molar-refractivity contribution is 4.99. The van der Waals surface area contributed by atoms with Gasteiger partial charge in [0.1, 0.15) is 0 Å². The van der Waals surface area contributed by atoms with Crippen LogP contribution in [-0.4, -0.2) is 11.2 Å². The lowest BCUT2D eigenvalue weighted by Crippen LogP contribution is -2.22. The van der Waals surface area contributed by atoms with Gasteiger partial charge in [0.25, 0.3) is 0 Å². The summed E-state index contributed by atoms with van der Waals surface area (Å²) in [5.41, 5.74) is 1.07. The average molecular weight is 142 g/mol. The number of hydrogen-bond donors (Lipinski definition) is 1. The Bertz CT molecular complexity index is 106. The van der Waals surface area contributed by atoms with Crippen molar-refractivity contribution in [3.8, 4) is 0 Å². The molecule has 0 aromatic rings. The molecule has 0 heterocycles. The lowest BCUT2D eigenvalue weighted by molar-refractivity contribution is 0.119. The summed E-state index contributed by atoms with van der Waals surface area (Å²) >= 11 is 0. The molecule has 0 aliphatic carbocycles. The van der Waals surface area contributed by atoms with Crippen molar-refractivity contribution in [2.24, 2.45) is 11.8 Å². The Morgan fingerprint density at radius 3 is 1.70 bits per heavy atom. The molecule has 1 N–H and O–H groups in total. The Morgan fingerprint density at radius 2 is 1.70 bits per heavy atom. The molecule has 0 amide bonds. The molecule has 60 valence electrons. The SMILES string of the molecule is C=C(C)C(C(C)C)C(C)O. The number of hydrogen-bond acceptors (Lipinski definition) is 1. The third-order valence-corrected chi connectivity index (χ3v) is 1.81. The molecule has 10 heavy (non-hydrogen) atoms. The summed E-state index contributed by atoms with van der Waals surface area (Å²) in [7, 11) is 0. The first-order valence-corrected chi connectivity index (χ1v) is 3.80. The van der Waals surface area contributed by atoms with Gasteiger partial charge < -0.3 is 5.11 Å². The third-order valence-electron chi connectivity index (χ3n) is 1.81. The van der Waals surface area contributed by atoms with Crippen LogP contribution in [-0.2, 0) is 0 Å². The van der Waals surface area contributed by atoms with Gasteiger partial charge in [0.05, 0.1) is 6.10 Å². The van der Waals surface area contributed by atoms with Crippen molar-refractivity contribution < 1.29 is 5.11 Å². The Hall–Kier alpha value is -0.300. The maximum Gasteiger partial charge on any atom is 0.0579 e. The summed E-state index contributed by atoms with van der Waals surface area (Å²) in [4.78, 5) is 0. The van der Waals surface area contributed by atoms with Crippen molar-refractivity contribution in [1.82, 2.24) is 0 Å². The molecule has 0 fully saturated rings. The summed E-state index contributed by atoms with van der Waals surface area (Å²) in [6.45, 7) is 11.8. The van der Waals surface area contributed by atoms with Crippen LogP contribution in [0, 0.1) is 11.8 Å². The second-order valence-electron chi connectivity index (χ2n) is 3.36. The first kappa shape index (κ1) is 9.70. The van der Waals surface area contributed by atoms with Crippen LogP contribution in [0.15, 0.2) is 12.2 Å². The van der Waals surface area contributed by atoms with E-state index in [0.717, 1.165) is 5.57 Å². The summed E-state index contributed by atoms with van der Waals surface area (Å²) in [6.07, 6.45) is -0.266. The molecule has 2 unspecified atom stereocenters. The van der Waals surface area contributed by atoms with E-state index >= 15 is 0 Å². The molecule has 0 bridgehead atoms. The number of aliphatic hydroxyl groups excluding tert-OH is 1. The van der Waals surface area contributed by atoms with Crippen molar-refractivity contribution in [3.05, 3.63) is 12.2 Å². The molecule has 2 atom stereocenters. The minimum Gasteiger partial charge on any atom is -0.393 e. The van der Waals surface area contributed by atoms with Gasteiger partial charge in [-0.15, -0.1) is 0 Å². The van der Waals surface area contributed by atoms with Crippen molar-refractivity contribution in [2.45, 2.75) is 33.8 Å². The van der Waals surface area contributed by atoms with Crippen LogP contribution in [0.2, 0.25) is 0 Å². The van der Waals surface area contributed by atoms with Gasteiger partial charge in [0.2, 0.25) is 0 Å². The van der Waals surface area contributed by atoms with E-state index in [1.807, 2.05) is 13.8 Å². The second-order valence-corrected chi connectivity index (χ2v) is 3.36. The predicted octanol–water partition coefficient (Wildman–Crippen LogP) is 2.22. The van der Waals surface area contributed by atoms with Crippen LogP contribution in [0.1, 0.15) is 27.7 Å². The topological polar surface area (TPSA) is 20.2 Å². The van der Waals surface area contributed by atoms with Gasteiger partial charge in [0.15, 0.2) is 0 Å². The maximum absolute atomic E-state index is 9.29. The molecule has 0 aromatic carbocycles. The van der Waals surface area contributed by atoms with Gasteiger partial charge in [-0.2, -0.15) is 0 Å². The van der Waals surface area contributed by atoms with E-state index in [-0.39, 0.29) is 12.0 Å². The Balaban J connectivity index is 4.12. The van der Waals surface area contributed by atoms with E-state index in [2.05, 4.69) is 20.4 Å². The zero-order valence-electron chi connectivity index (χ0n) is 7.39.